The van der Waals surface area contributed by atoms with Gasteiger partial charge in [-0.15, -0.1) is 11.3 Å². The Morgan fingerprint density at radius 3 is 1.81 bits per heavy atom. The van der Waals surface area contributed by atoms with Gasteiger partial charge in [0, 0.05) is 29.8 Å². The largest absolute Gasteiger partial charge is 0.298 e. The summed E-state index contributed by atoms with van der Waals surface area (Å²) in [6.07, 6.45) is 9.04. The van der Waals surface area contributed by atoms with Gasteiger partial charge in [0.1, 0.15) is 15.4 Å². The number of aromatic nitrogens is 4. The minimum atomic E-state index is -3.28. The number of fused-ring (bicyclic) bond motifs is 1. The van der Waals surface area contributed by atoms with E-state index in [1.165, 1.54) is 17.6 Å². The molecule has 7 aromatic rings. The van der Waals surface area contributed by atoms with Gasteiger partial charge in [0.05, 0.1) is 23.0 Å². The molecule has 0 bridgehead atoms. The molecule has 8 heteroatoms. The highest BCUT2D eigenvalue weighted by Gasteiger charge is 2.39. The van der Waals surface area contributed by atoms with Gasteiger partial charge < -0.3 is 0 Å². The molecule has 0 saturated heterocycles. The third kappa shape index (κ3) is 4.36. The zero-order valence-electron chi connectivity index (χ0n) is 22.7. The Morgan fingerprint density at radius 2 is 1.26 bits per heavy atom. The van der Waals surface area contributed by atoms with E-state index in [1.807, 2.05) is 53.2 Å². The number of benzene rings is 3. The van der Waals surface area contributed by atoms with Crippen LogP contribution in [0.2, 0.25) is 0 Å². The lowest BCUT2D eigenvalue weighted by Crippen LogP contribution is -2.38. The second-order valence-electron chi connectivity index (χ2n) is 10.2. The molecular weight excluding hydrogens is 561 g/mol. The summed E-state index contributed by atoms with van der Waals surface area (Å²) in [6.45, 7) is 0. The Labute approximate surface area is 248 Å². The lowest BCUT2D eigenvalue weighted by molar-refractivity contribution is 0.460. The smallest absolute Gasteiger partial charge is 0.184 e. The van der Waals surface area contributed by atoms with Crippen molar-refractivity contribution in [3.05, 3.63) is 157 Å². The fraction of sp³-hybridized carbons (Fsp3) is 0.0588. The highest BCUT2D eigenvalue weighted by Crippen LogP contribution is 2.41. The molecule has 0 spiro atoms. The molecule has 42 heavy (non-hydrogen) atoms. The van der Waals surface area contributed by atoms with Crippen molar-refractivity contribution in [3.8, 4) is 21.7 Å². The summed E-state index contributed by atoms with van der Waals surface area (Å²) >= 11 is 1.25. The molecule has 0 fully saturated rings. The van der Waals surface area contributed by atoms with E-state index in [1.54, 1.807) is 12.3 Å². The second-order valence-corrected chi connectivity index (χ2v) is 13.5. The molecule has 206 valence electrons. The maximum absolute atomic E-state index is 12.1. The van der Waals surface area contributed by atoms with Crippen molar-refractivity contribution in [2.75, 3.05) is 6.26 Å². The maximum atomic E-state index is 12.1. The highest BCUT2D eigenvalue weighted by atomic mass is 32.2. The van der Waals surface area contributed by atoms with E-state index in [-0.39, 0.29) is 0 Å². The first-order valence-electron chi connectivity index (χ1n) is 13.4. The number of sulfone groups is 1. The van der Waals surface area contributed by atoms with Gasteiger partial charge >= 0.3 is 0 Å². The Hall–Kier alpha value is -4.79. The number of nitrogens with zero attached hydrogens (tertiary/aromatic N) is 4. The zero-order chi connectivity index (χ0) is 28.7. The van der Waals surface area contributed by atoms with Crippen LogP contribution < -0.4 is 0 Å². The van der Waals surface area contributed by atoms with Gasteiger partial charge in [-0.05, 0) is 41.0 Å². The first-order valence-corrected chi connectivity index (χ1v) is 16.1. The molecule has 0 aliphatic heterocycles. The van der Waals surface area contributed by atoms with Gasteiger partial charge in [-0.2, -0.15) is 5.10 Å². The predicted molar refractivity (Wildman–Crippen MR) is 167 cm³/mol. The number of thiophene rings is 1. The monoisotopic (exact) mass is 586 g/mol. The third-order valence-electron chi connectivity index (χ3n) is 7.54. The van der Waals surface area contributed by atoms with Crippen molar-refractivity contribution in [2.45, 2.75) is 9.75 Å². The van der Waals surface area contributed by atoms with Crippen LogP contribution in [0.25, 0.3) is 27.3 Å². The summed E-state index contributed by atoms with van der Waals surface area (Å²) in [4.78, 5) is 5.40. The summed E-state index contributed by atoms with van der Waals surface area (Å²) in [5.74, 6) is 0. The van der Waals surface area contributed by atoms with Crippen molar-refractivity contribution in [3.63, 3.8) is 0 Å². The van der Waals surface area contributed by atoms with E-state index >= 15 is 0 Å². The number of imidazole rings is 1. The maximum Gasteiger partial charge on any atom is 0.184 e. The van der Waals surface area contributed by atoms with E-state index in [0.717, 1.165) is 44.0 Å². The van der Waals surface area contributed by atoms with E-state index < -0.39 is 15.4 Å². The van der Waals surface area contributed by atoms with Crippen molar-refractivity contribution in [2.24, 2.45) is 0 Å². The fourth-order valence-electron chi connectivity index (χ4n) is 5.58. The Morgan fingerprint density at radius 1 is 0.667 bits per heavy atom. The minimum Gasteiger partial charge on any atom is -0.298 e. The van der Waals surface area contributed by atoms with E-state index in [2.05, 4.69) is 88.7 Å². The van der Waals surface area contributed by atoms with Gasteiger partial charge in [-0.3, -0.25) is 9.08 Å². The lowest BCUT2D eigenvalue weighted by atomic mass is 9.77. The second kappa shape index (κ2) is 10.2. The summed E-state index contributed by atoms with van der Waals surface area (Å²) in [5, 5.41) is 5.00. The molecule has 0 atom stereocenters. The quantitative estimate of drug-likeness (QED) is 0.186. The molecule has 7 rings (SSSR count). The summed E-state index contributed by atoms with van der Waals surface area (Å²) in [5.41, 5.74) is 6.14. The van der Waals surface area contributed by atoms with Crippen molar-refractivity contribution >= 4 is 26.8 Å². The zero-order valence-corrected chi connectivity index (χ0v) is 24.3. The van der Waals surface area contributed by atoms with Crippen LogP contribution in [0.1, 0.15) is 16.7 Å². The van der Waals surface area contributed by atoms with Crippen LogP contribution in [-0.2, 0) is 15.4 Å². The van der Waals surface area contributed by atoms with Gasteiger partial charge in [0.15, 0.2) is 9.84 Å². The number of hydrogen-bond acceptors (Lipinski definition) is 5. The SMILES string of the molecule is CS(=O)(=O)c1ccc(-c2cnc3ccc(-c4cnn(C(c5ccccc5)(c5ccccc5)c5ccccc5)c4)cn23)s1. The molecule has 0 saturated carbocycles. The molecule has 4 heterocycles. The highest BCUT2D eigenvalue weighted by molar-refractivity contribution is 7.92. The van der Waals surface area contributed by atoms with E-state index in [4.69, 9.17) is 5.10 Å². The first kappa shape index (κ1) is 26.1. The summed E-state index contributed by atoms with van der Waals surface area (Å²) < 4.78 is 28.6. The lowest BCUT2D eigenvalue weighted by Gasteiger charge is -2.36. The van der Waals surface area contributed by atoms with Crippen LogP contribution in [-0.4, -0.2) is 33.8 Å². The topological polar surface area (TPSA) is 69.3 Å². The Kier molecular flexibility index (Phi) is 6.37. The molecule has 0 radical (unpaired) electrons. The van der Waals surface area contributed by atoms with E-state index in [9.17, 15) is 8.42 Å². The minimum absolute atomic E-state index is 0.337. The predicted octanol–water partition coefficient (Wildman–Crippen LogP) is 7.17. The molecule has 0 aliphatic carbocycles. The molecular formula is C34H26N4O2S2. The number of pyridine rings is 1. The Balaban J connectivity index is 1.39. The molecule has 6 nitrogen and oxygen atoms in total. The standard InChI is InChI=1S/C34H26N4O2S2/c1-42(39,40)33-20-18-31(41-33)30-22-35-32-19-17-25(23-37(30)32)26-21-36-38(24-26)34(27-11-5-2-6-12-27,28-13-7-3-8-14-28)29-15-9-4-10-16-29/h2-24H,1H3. The normalized spacial score (nSPS) is 12.1. The molecule has 4 aromatic heterocycles. The molecule has 3 aromatic carbocycles. The van der Waals surface area contributed by atoms with Gasteiger partial charge in [0.2, 0.25) is 0 Å². The third-order valence-corrected chi connectivity index (χ3v) is 10.5. The van der Waals surface area contributed by atoms with Crippen molar-refractivity contribution < 1.29 is 8.42 Å². The molecule has 0 N–H and O–H groups in total. The van der Waals surface area contributed by atoms with Crippen LogP contribution in [0.5, 0.6) is 0 Å². The van der Waals surface area contributed by atoms with Crippen LogP contribution in [0.3, 0.4) is 0 Å². The van der Waals surface area contributed by atoms with Gasteiger partial charge in [-0.1, -0.05) is 91.0 Å². The average Bonchev–Trinajstić information content (AvgIpc) is 3.79. The summed E-state index contributed by atoms with van der Waals surface area (Å²) in [6, 6.07) is 38.9. The van der Waals surface area contributed by atoms with Gasteiger partial charge in [0.25, 0.3) is 0 Å². The van der Waals surface area contributed by atoms with Crippen LogP contribution in [0.15, 0.2) is 144 Å². The molecule has 0 unspecified atom stereocenters. The average molecular weight is 587 g/mol. The van der Waals surface area contributed by atoms with Crippen LogP contribution >= 0.6 is 11.3 Å². The number of hydrogen-bond donors (Lipinski definition) is 0. The summed E-state index contributed by atoms with van der Waals surface area (Å²) in [7, 11) is -3.28. The van der Waals surface area contributed by atoms with Crippen molar-refractivity contribution in [1.29, 1.82) is 0 Å². The number of rotatable bonds is 7. The first-order chi connectivity index (χ1) is 20.4. The molecule has 0 amide bonds. The Bertz CT molecular complexity index is 2020. The van der Waals surface area contributed by atoms with Crippen LogP contribution in [0, 0.1) is 0 Å². The van der Waals surface area contributed by atoms with Crippen molar-refractivity contribution in [1.82, 2.24) is 19.2 Å². The van der Waals surface area contributed by atoms with E-state index in [0.29, 0.717) is 4.21 Å². The van der Waals surface area contributed by atoms with Crippen LogP contribution in [0.4, 0.5) is 0 Å². The fourth-order valence-corrected chi connectivity index (χ4v) is 7.52. The van der Waals surface area contributed by atoms with Gasteiger partial charge in [-0.25, -0.2) is 13.4 Å². The molecule has 0 aliphatic rings.